The third kappa shape index (κ3) is 3.42. The van der Waals surface area contributed by atoms with E-state index in [0.29, 0.717) is 17.9 Å². The molecule has 0 bridgehead atoms. The molecule has 110 valence electrons. The fourth-order valence-corrected chi connectivity index (χ4v) is 2.20. The molecule has 0 spiro atoms. The van der Waals surface area contributed by atoms with Crippen molar-refractivity contribution < 1.29 is 19.4 Å². The number of methoxy groups -OCH3 is 1. The average Bonchev–Trinajstić information content (AvgIpc) is 2.39. The van der Waals surface area contributed by atoms with Crippen LogP contribution in [0.1, 0.15) is 43.7 Å². The largest absolute Gasteiger partial charge is 0.493 e. The Hall–Kier alpha value is -1.75. The second-order valence-electron chi connectivity index (χ2n) is 5.09. The van der Waals surface area contributed by atoms with Crippen LogP contribution in [-0.2, 0) is 4.79 Å². The van der Waals surface area contributed by atoms with E-state index in [9.17, 15) is 4.79 Å². The molecular formula is C15H21NO4. The van der Waals surface area contributed by atoms with Gasteiger partial charge < -0.3 is 20.3 Å². The molecule has 20 heavy (non-hydrogen) atoms. The van der Waals surface area contributed by atoms with Crippen LogP contribution in [-0.4, -0.2) is 24.3 Å². The topological polar surface area (TPSA) is 81.8 Å². The Balaban J connectivity index is 2.18. The Kier molecular flexibility index (Phi) is 4.84. The predicted molar refractivity (Wildman–Crippen MR) is 75.1 cm³/mol. The van der Waals surface area contributed by atoms with E-state index < -0.39 is 5.97 Å². The summed E-state index contributed by atoms with van der Waals surface area (Å²) < 4.78 is 11.3. The van der Waals surface area contributed by atoms with Gasteiger partial charge in [0, 0.05) is 18.0 Å². The van der Waals surface area contributed by atoms with E-state index in [4.69, 9.17) is 20.3 Å². The fraction of sp³-hybridized carbons (Fsp3) is 0.533. The van der Waals surface area contributed by atoms with Crippen LogP contribution in [0, 0.1) is 0 Å². The highest BCUT2D eigenvalue weighted by atomic mass is 16.5. The summed E-state index contributed by atoms with van der Waals surface area (Å²) in [6.45, 7) is 0. The van der Waals surface area contributed by atoms with Crippen LogP contribution >= 0.6 is 0 Å². The molecule has 0 radical (unpaired) electrons. The normalized spacial score (nSPS) is 16.3. The highest BCUT2D eigenvalue weighted by molar-refractivity contribution is 5.66. The maximum absolute atomic E-state index is 10.7. The minimum Gasteiger partial charge on any atom is -0.493 e. The van der Waals surface area contributed by atoms with Crippen LogP contribution in [0.4, 0.5) is 0 Å². The van der Waals surface area contributed by atoms with Crippen LogP contribution < -0.4 is 15.2 Å². The monoisotopic (exact) mass is 279 g/mol. The number of carboxylic acids is 1. The molecule has 1 aromatic carbocycles. The zero-order valence-electron chi connectivity index (χ0n) is 11.7. The molecule has 1 aliphatic rings. The zero-order valence-corrected chi connectivity index (χ0v) is 11.7. The lowest BCUT2D eigenvalue weighted by Gasteiger charge is -2.29. The quantitative estimate of drug-likeness (QED) is 0.801. The van der Waals surface area contributed by atoms with Crippen molar-refractivity contribution in [3.05, 3.63) is 23.8 Å². The number of aliphatic carboxylic acids is 1. The van der Waals surface area contributed by atoms with Crippen LogP contribution in [0.15, 0.2) is 18.2 Å². The zero-order chi connectivity index (χ0) is 14.5. The summed E-state index contributed by atoms with van der Waals surface area (Å²) in [7, 11) is 1.59. The molecule has 5 nitrogen and oxygen atoms in total. The smallest absolute Gasteiger partial charge is 0.303 e. The molecule has 0 amide bonds. The molecule has 1 atom stereocenters. The number of benzene rings is 1. The van der Waals surface area contributed by atoms with E-state index in [1.165, 1.54) is 6.42 Å². The molecule has 1 aromatic rings. The van der Waals surface area contributed by atoms with Crippen molar-refractivity contribution in [1.82, 2.24) is 0 Å². The van der Waals surface area contributed by atoms with Crippen LogP contribution in [0.2, 0.25) is 0 Å². The summed E-state index contributed by atoms with van der Waals surface area (Å²) >= 11 is 0. The lowest BCUT2D eigenvalue weighted by Crippen LogP contribution is -2.26. The van der Waals surface area contributed by atoms with Gasteiger partial charge in [-0.15, -0.1) is 0 Å². The van der Waals surface area contributed by atoms with Gasteiger partial charge >= 0.3 is 5.97 Å². The Morgan fingerprint density at radius 3 is 2.80 bits per heavy atom. The Morgan fingerprint density at radius 1 is 1.50 bits per heavy atom. The number of carbonyl (C=O) groups is 1. The Morgan fingerprint density at radius 2 is 2.25 bits per heavy atom. The van der Waals surface area contributed by atoms with Crippen molar-refractivity contribution in [1.29, 1.82) is 0 Å². The molecule has 1 fully saturated rings. The SMILES string of the molecule is COc1cccc(C(N)CCC(=O)O)c1OC1CCC1. The highest BCUT2D eigenvalue weighted by Gasteiger charge is 2.24. The summed E-state index contributed by atoms with van der Waals surface area (Å²) in [6, 6.07) is 5.20. The molecule has 1 unspecified atom stereocenters. The van der Waals surface area contributed by atoms with Crippen molar-refractivity contribution in [2.24, 2.45) is 5.73 Å². The first-order valence-electron chi connectivity index (χ1n) is 6.92. The summed E-state index contributed by atoms with van der Waals surface area (Å²) in [4.78, 5) is 10.7. The summed E-state index contributed by atoms with van der Waals surface area (Å²) in [5, 5.41) is 8.76. The van der Waals surface area contributed by atoms with Gasteiger partial charge in [0.1, 0.15) is 0 Å². The maximum atomic E-state index is 10.7. The molecular weight excluding hydrogens is 258 g/mol. The molecule has 0 heterocycles. The van der Waals surface area contributed by atoms with Crippen molar-refractivity contribution in [2.45, 2.75) is 44.2 Å². The number of nitrogens with two attached hydrogens (primary N) is 1. The summed E-state index contributed by atoms with van der Waals surface area (Å²) in [5.74, 6) is 0.475. The molecule has 0 aliphatic heterocycles. The highest BCUT2D eigenvalue weighted by Crippen LogP contribution is 2.38. The number of para-hydroxylation sites is 1. The molecule has 3 N–H and O–H groups in total. The number of ether oxygens (including phenoxy) is 2. The van der Waals surface area contributed by atoms with Gasteiger partial charge in [0.25, 0.3) is 0 Å². The third-order valence-electron chi connectivity index (χ3n) is 3.63. The van der Waals surface area contributed by atoms with Crippen molar-refractivity contribution in [3.8, 4) is 11.5 Å². The molecule has 1 saturated carbocycles. The Labute approximate surface area is 118 Å². The van der Waals surface area contributed by atoms with E-state index in [1.54, 1.807) is 7.11 Å². The second-order valence-corrected chi connectivity index (χ2v) is 5.09. The summed E-state index contributed by atoms with van der Waals surface area (Å²) in [6.07, 6.45) is 3.91. The predicted octanol–water partition coefficient (Wildman–Crippen LogP) is 2.49. The number of carboxylic acid groups (broad SMARTS) is 1. The van der Waals surface area contributed by atoms with Crippen molar-refractivity contribution in [2.75, 3.05) is 7.11 Å². The van der Waals surface area contributed by atoms with Gasteiger partial charge in [0.2, 0.25) is 0 Å². The molecule has 1 aliphatic carbocycles. The van der Waals surface area contributed by atoms with Crippen molar-refractivity contribution in [3.63, 3.8) is 0 Å². The Bertz CT molecular complexity index is 471. The number of hydrogen-bond acceptors (Lipinski definition) is 4. The van der Waals surface area contributed by atoms with Gasteiger partial charge in [-0.05, 0) is 31.7 Å². The van der Waals surface area contributed by atoms with Crippen LogP contribution in [0.25, 0.3) is 0 Å². The molecule has 5 heteroatoms. The molecule has 0 aromatic heterocycles. The first-order valence-corrected chi connectivity index (χ1v) is 6.92. The van der Waals surface area contributed by atoms with Crippen LogP contribution in [0.5, 0.6) is 11.5 Å². The summed E-state index contributed by atoms with van der Waals surface area (Å²) in [5.41, 5.74) is 6.92. The lowest BCUT2D eigenvalue weighted by atomic mass is 9.95. The van der Waals surface area contributed by atoms with E-state index in [1.807, 2.05) is 18.2 Å². The maximum Gasteiger partial charge on any atom is 0.303 e. The molecule has 2 rings (SSSR count). The van der Waals surface area contributed by atoms with Gasteiger partial charge in [-0.1, -0.05) is 12.1 Å². The van der Waals surface area contributed by atoms with Crippen LogP contribution in [0.3, 0.4) is 0 Å². The van der Waals surface area contributed by atoms with Gasteiger partial charge in [-0.25, -0.2) is 0 Å². The van der Waals surface area contributed by atoms with E-state index in [0.717, 1.165) is 18.4 Å². The van der Waals surface area contributed by atoms with Gasteiger partial charge in [-0.3, -0.25) is 4.79 Å². The third-order valence-corrected chi connectivity index (χ3v) is 3.63. The second kappa shape index (κ2) is 6.61. The van der Waals surface area contributed by atoms with E-state index in [-0.39, 0.29) is 18.6 Å². The van der Waals surface area contributed by atoms with Gasteiger partial charge in [0.15, 0.2) is 11.5 Å². The molecule has 0 saturated heterocycles. The lowest BCUT2D eigenvalue weighted by molar-refractivity contribution is -0.137. The average molecular weight is 279 g/mol. The van der Waals surface area contributed by atoms with E-state index >= 15 is 0 Å². The minimum atomic E-state index is -0.843. The standard InChI is InChI=1S/C15H21NO4/c1-19-13-7-3-6-11(12(16)8-9-14(17)18)15(13)20-10-4-2-5-10/h3,6-7,10,12H,2,4-5,8-9,16H2,1H3,(H,17,18). The first kappa shape index (κ1) is 14.7. The fourth-order valence-electron chi connectivity index (χ4n) is 2.20. The van der Waals surface area contributed by atoms with Crippen molar-refractivity contribution >= 4 is 5.97 Å². The first-order chi connectivity index (χ1) is 9.61. The minimum absolute atomic E-state index is 0.0429. The van der Waals surface area contributed by atoms with Gasteiger partial charge in [-0.2, -0.15) is 0 Å². The van der Waals surface area contributed by atoms with Gasteiger partial charge in [0.05, 0.1) is 13.2 Å². The van der Waals surface area contributed by atoms with E-state index in [2.05, 4.69) is 0 Å². The number of hydrogen-bond donors (Lipinski definition) is 2. The number of rotatable bonds is 7.